The maximum atomic E-state index is 10.4. The lowest BCUT2D eigenvalue weighted by molar-refractivity contribution is -0.779. The quantitative estimate of drug-likeness (QED) is 0.339. The van der Waals surface area contributed by atoms with Crippen LogP contribution in [-0.4, -0.2) is 18.1 Å². The van der Waals surface area contributed by atoms with E-state index in [1.807, 2.05) is 11.6 Å². The molecule has 128 valence electrons. The van der Waals surface area contributed by atoms with Gasteiger partial charge in [-0.3, -0.25) is 0 Å². The Morgan fingerprint density at radius 1 is 1.26 bits per heavy atom. The largest absolute Gasteiger partial charge is 0.458 e. The standard InChI is InChI=1S/C19H33BN2O/c1-4-5-6-7-9-12-19(3)13-10-8-11-16(14-19)22-18(23)15(2)17(20)21-22/h16H,4-14H2,1-3H3,(H,21,23)/p+1. The number of rotatable bonds is 7. The van der Waals surface area contributed by atoms with Gasteiger partial charge in [0.1, 0.15) is 7.85 Å². The molecule has 4 heteroatoms. The molecule has 23 heavy (non-hydrogen) atoms. The van der Waals surface area contributed by atoms with E-state index >= 15 is 0 Å². The number of nitrogens with zero attached hydrogens (tertiary/aromatic N) is 1. The van der Waals surface area contributed by atoms with E-state index in [1.54, 1.807) is 0 Å². The van der Waals surface area contributed by atoms with Gasteiger partial charge in [0.05, 0.1) is 5.56 Å². The predicted octanol–water partition coefficient (Wildman–Crippen LogP) is 3.98. The number of nitrogens with one attached hydrogen (secondary N) is 1. The van der Waals surface area contributed by atoms with Gasteiger partial charge < -0.3 is 5.11 Å². The van der Waals surface area contributed by atoms with E-state index in [1.165, 1.54) is 57.8 Å². The minimum Gasteiger partial charge on any atom is -0.458 e. The molecule has 0 amide bonds. The molecule has 1 fully saturated rings. The molecular weight excluding hydrogens is 283 g/mol. The number of unbranched alkanes of at least 4 members (excludes halogenated alkanes) is 4. The number of aromatic nitrogens is 2. The molecule has 2 unspecified atom stereocenters. The van der Waals surface area contributed by atoms with E-state index in [4.69, 9.17) is 7.85 Å². The second-order valence-electron chi connectivity index (χ2n) is 7.92. The van der Waals surface area contributed by atoms with Crippen molar-refractivity contribution in [2.24, 2.45) is 5.41 Å². The highest BCUT2D eigenvalue weighted by Gasteiger charge is 2.37. The van der Waals surface area contributed by atoms with Gasteiger partial charge >= 0.3 is 5.88 Å². The molecule has 3 nitrogen and oxygen atoms in total. The van der Waals surface area contributed by atoms with Gasteiger partial charge in [0.25, 0.3) is 0 Å². The summed E-state index contributed by atoms with van der Waals surface area (Å²) in [6.07, 6.45) is 14.2. The Hall–Kier alpha value is -0.925. The molecule has 0 saturated heterocycles. The highest BCUT2D eigenvalue weighted by atomic mass is 16.3. The molecule has 0 aliphatic heterocycles. The van der Waals surface area contributed by atoms with Crippen molar-refractivity contribution in [3.63, 3.8) is 0 Å². The van der Waals surface area contributed by atoms with Crippen LogP contribution in [0.4, 0.5) is 0 Å². The van der Waals surface area contributed by atoms with Crippen molar-refractivity contribution in [3.05, 3.63) is 5.56 Å². The fourth-order valence-electron chi connectivity index (χ4n) is 4.14. The van der Waals surface area contributed by atoms with Crippen LogP contribution in [0.5, 0.6) is 5.88 Å². The predicted molar refractivity (Wildman–Crippen MR) is 96.4 cm³/mol. The Bertz CT molecular complexity index is 500. The first-order valence-corrected chi connectivity index (χ1v) is 9.55. The van der Waals surface area contributed by atoms with Crippen molar-refractivity contribution in [3.8, 4) is 5.88 Å². The second kappa shape index (κ2) is 8.26. The molecule has 2 radical (unpaired) electrons. The summed E-state index contributed by atoms with van der Waals surface area (Å²) in [7, 11) is 5.95. The Morgan fingerprint density at radius 3 is 2.65 bits per heavy atom. The first kappa shape index (κ1) is 18.4. The number of hydrogen-bond acceptors (Lipinski definition) is 1. The van der Waals surface area contributed by atoms with Crippen LogP contribution in [0, 0.1) is 12.3 Å². The third-order valence-corrected chi connectivity index (χ3v) is 5.75. The maximum absolute atomic E-state index is 10.4. The van der Waals surface area contributed by atoms with Gasteiger partial charge in [0.15, 0.2) is 6.04 Å². The molecule has 2 atom stereocenters. The number of hydrogen-bond donors (Lipinski definition) is 2. The molecule has 1 aromatic heterocycles. The normalized spacial score (nSPS) is 25.4. The Labute approximate surface area is 143 Å². The average molecular weight is 317 g/mol. The van der Waals surface area contributed by atoms with Crippen molar-refractivity contribution in [2.75, 3.05) is 0 Å². The Morgan fingerprint density at radius 2 is 2.00 bits per heavy atom. The highest BCUT2D eigenvalue weighted by molar-refractivity contribution is 6.31. The smallest absolute Gasteiger partial charge is 0.393 e. The Balaban J connectivity index is 2.00. The number of H-pyrrole nitrogens is 1. The van der Waals surface area contributed by atoms with Gasteiger partial charge in [-0.15, -0.1) is 0 Å². The molecule has 1 saturated carbocycles. The summed E-state index contributed by atoms with van der Waals surface area (Å²) in [5.41, 5.74) is 1.75. The first-order valence-electron chi connectivity index (χ1n) is 9.55. The molecule has 0 aromatic carbocycles. The van der Waals surface area contributed by atoms with E-state index < -0.39 is 0 Å². The van der Waals surface area contributed by atoms with Crippen molar-refractivity contribution >= 4 is 13.4 Å². The lowest BCUT2D eigenvalue weighted by Crippen LogP contribution is -2.44. The lowest BCUT2D eigenvalue weighted by atomic mass is 9.77. The van der Waals surface area contributed by atoms with Gasteiger partial charge in [0.2, 0.25) is 0 Å². The molecule has 2 rings (SSSR count). The van der Waals surface area contributed by atoms with Crippen molar-refractivity contribution in [2.45, 2.75) is 97.4 Å². The zero-order valence-electron chi connectivity index (χ0n) is 15.3. The van der Waals surface area contributed by atoms with E-state index in [-0.39, 0.29) is 0 Å². The highest BCUT2D eigenvalue weighted by Crippen LogP contribution is 2.42. The van der Waals surface area contributed by atoms with E-state index in [9.17, 15) is 5.11 Å². The molecule has 1 aliphatic rings. The zero-order chi connectivity index (χ0) is 16.9. The number of aromatic hydroxyl groups is 1. The Kier molecular flexibility index (Phi) is 6.61. The second-order valence-corrected chi connectivity index (χ2v) is 7.92. The van der Waals surface area contributed by atoms with Crippen LogP contribution in [-0.2, 0) is 0 Å². The maximum Gasteiger partial charge on any atom is 0.393 e. The number of aromatic amines is 1. The van der Waals surface area contributed by atoms with Crippen LogP contribution in [0.3, 0.4) is 0 Å². The molecule has 0 spiro atoms. The molecule has 1 aromatic rings. The summed E-state index contributed by atoms with van der Waals surface area (Å²) in [5.74, 6) is 0.319. The minimum absolute atomic E-state index is 0.319. The van der Waals surface area contributed by atoms with Gasteiger partial charge in [-0.05, 0) is 31.6 Å². The molecule has 1 aliphatic carbocycles. The van der Waals surface area contributed by atoms with Crippen LogP contribution in [0.2, 0.25) is 0 Å². The molecule has 2 N–H and O–H groups in total. The summed E-state index contributed by atoms with van der Waals surface area (Å²) in [5, 5.41) is 13.5. The summed E-state index contributed by atoms with van der Waals surface area (Å²) in [6, 6.07) is 0.342. The monoisotopic (exact) mass is 317 g/mol. The SMILES string of the molecule is [B]c1[nH][n+](C2CCCCC(C)(CCCCCCC)C2)c(O)c1C. The van der Waals surface area contributed by atoms with Crippen LogP contribution in [0.15, 0.2) is 0 Å². The van der Waals surface area contributed by atoms with Crippen LogP contribution in [0.1, 0.15) is 96.1 Å². The van der Waals surface area contributed by atoms with E-state index in [0.29, 0.717) is 22.9 Å². The topological polar surface area (TPSA) is 39.9 Å². The van der Waals surface area contributed by atoms with Crippen LogP contribution < -0.4 is 10.3 Å². The molecule has 1 heterocycles. The van der Waals surface area contributed by atoms with Crippen molar-refractivity contribution < 1.29 is 9.79 Å². The van der Waals surface area contributed by atoms with Crippen molar-refractivity contribution in [1.29, 1.82) is 0 Å². The van der Waals surface area contributed by atoms with Crippen LogP contribution >= 0.6 is 0 Å². The molecular formula is C19H34BN2O+. The van der Waals surface area contributed by atoms with Crippen LogP contribution in [0.25, 0.3) is 0 Å². The lowest BCUT2D eigenvalue weighted by Gasteiger charge is -2.29. The van der Waals surface area contributed by atoms with Gasteiger partial charge in [-0.1, -0.05) is 57.1 Å². The summed E-state index contributed by atoms with van der Waals surface area (Å²) < 4.78 is 1.92. The first-order chi connectivity index (χ1) is 11.0. The van der Waals surface area contributed by atoms with E-state index in [2.05, 4.69) is 18.9 Å². The third kappa shape index (κ3) is 4.77. The molecule has 0 bridgehead atoms. The third-order valence-electron chi connectivity index (χ3n) is 5.75. The fourth-order valence-corrected chi connectivity index (χ4v) is 4.14. The average Bonchev–Trinajstić information content (AvgIpc) is 2.68. The fraction of sp³-hybridized carbons (Fsp3) is 0.842. The minimum atomic E-state index is 0.319. The van der Waals surface area contributed by atoms with Gasteiger partial charge in [-0.25, -0.2) is 0 Å². The summed E-state index contributed by atoms with van der Waals surface area (Å²) in [4.78, 5) is 0. The zero-order valence-corrected chi connectivity index (χ0v) is 15.3. The van der Waals surface area contributed by atoms with Gasteiger partial charge in [0, 0.05) is 18.4 Å². The van der Waals surface area contributed by atoms with Gasteiger partial charge in [-0.2, -0.15) is 5.10 Å². The summed E-state index contributed by atoms with van der Waals surface area (Å²) in [6.45, 7) is 6.59. The van der Waals surface area contributed by atoms with Crippen molar-refractivity contribution in [1.82, 2.24) is 5.10 Å². The van der Waals surface area contributed by atoms with E-state index in [0.717, 1.165) is 18.4 Å². The summed E-state index contributed by atoms with van der Waals surface area (Å²) >= 11 is 0.